The van der Waals surface area contributed by atoms with E-state index in [4.69, 9.17) is 16.3 Å². The SMILES string of the molecule is O=S(=O)(c1ccc(N2CCC(Oc3cccc(Cl)c3)C2)nc1)N1CCCC1. The van der Waals surface area contributed by atoms with Crippen LogP contribution in [0.4, 0.5) is 5.82 Å². The maximum atomic E-state index is 12.6. The smallest absolute Gasteiger partial charge is 0.244 e. The summed E-state index contributed by atoms with van der Waals surface area (Å²) < 4.78 is 32.7. The molecule has 144 valence electrons. The zero-order chi connectivity index (χ0) is 18.9. The van der Waals surface area contributed by atoms with E-state index in [2.05, 4.69) is 9.88 Å². The van der Waals surface area contributed by atoms with Gasteiger partial charge in [0.2, 0.25) is 10.0 Å². The molecule has 2 aliphatic rings. The van der Waals surface area contributed by atoms with Gasteiger partial charge in [-0.2, -0.15) is 4.31 Å². The Morgan fingerprint density at radius 1 is 1.11 bits per heavy atom. The predicted molar refractivity (Wildman–Crippen MR) is 105 cm³/mol. The minimum atomic E-state index is -3.42. The van der Waals surface area contributed by atoms with Crippen LogP contribution < -0.4 is 9.64 Å². The molecule has 2 saturated heterocycles. The van der Waals surface area contributed by atoms with Gasteiger partial charge in [0.25, 0.3) is 0 Å². The van der Waals surface area contributed by atoms with Gasteiger partial charge in [-0.25, -0.2) is 13.4 Å². The maximum Gasteiger partial charge on any atom is 0.244 e. The monoisotopic (exact) mass is 407 g/mol. The first-order valence-electron chi connectivity index (χ1n) is 9.16. The Balaban J connectivity index is 1.41. The quantitative estimate of drug-likeness (QED) is 0.761. The van der Waals surface area contributed by atoms with Crippen molar-refractivity contribution in [2.45, 2.75) is 30.3 Å². The number of aromatic nitrogens is 1. The summed E-state index contributed by atoms with van der Waals surface area (Å²) in [5.74, 6) is 1.53. The lowest BCUT2D eigenvalue weighted by Crippen LogP contribution is -2.28. The van der Waals surface area contributed by atoms with E-state index in [1.165, 1.54) is 10.5 Å². The third-order valence-corrected chi connectivity index (χ3v) is 7.11. The Labute approximate surface area is 164 Å². The van der Waals surface area contributed by atoms with Crippen molar-refractivity contribution in [1.29, 1.82) is 0 Å². The molecule has 0 bridgehead atoms. The fraction of sp³-hybridized carbons (Fsp3) is 0.421. The van der Waals surface area contributed by atoms with Gasteiger partial charge in [0.15, 0.2) is 0 Å². The van der Waals surface area contributed by atoms with Gasteiger partial charge in [0.05, 0.1) is 6.54 Å². The second-order valence-corrected chi connectivity index (χ2v) is 9.27. The molecule has 1 aromatic heterocycles. The van der Waals surface area contributed by atoms with E-state index >= 15 is 0 Å². The lowest BCUT2D eigenvalue weighted by Gasteiger charge is -2.19. The molecule has 27 heavy (non-hydrogen) atoms. The molecule has 0 radical (unpaired) electrons. The van der Waals surface area contributed by atoms with Gasteiger partial charge in [-0.15, -0.1) is 0 Å². The van der Waals surface area contributed by atoms with Crippen molar-refractivity contribution < 1.29 is 13.2 Å². The molecule has 2 aromatic rings. The second-order valence-electron chi connectivity index (χ2n) is 6.90. The first kappa shape index (κ1) is 18.5. The third-order valence-electron chi connectivity index (χ3n) is 4.99. The summed E-state index contributed by atoms with van der Waals surface area (Å²) in [6, 6.07) is 10.8. The third kappa shape index (κ3) is 4.05. The fourth-order valence-electron chi connectivity index (χ4n) is 3.55. The van der Waals surface area contributed by atoms with Crippen LogP contribution in [-0.2, 0) is 10.0 Å². The van der Waals surface area contributed by atoms with E-state index in [-0.39, 0.29) is 11.0 Å². The van der Waals surface area contributed by atoms with Crippen LogP contribution in [0.5, 0.6) is 5.75 Å². The first-order chi connectivity index (χ1) is 13.0. The van der Waals surface area contributed by atoms with Gasteiger partial charge in [0, 0.05) is 37.3 Å². The van der Waals surface area contributed by atoms with E-state index in [0.717, 1.165) is 37.4 Å². The predicted octanol–water partition coefficient (Wildman–Crippen LogP) is 3.18. The summed E-state index contributed by atoms with van der Waals surface area (Å²) in [6.07, 6.45) is 4.24. The van der Waals surface area contributed by atoms with Crippen molar-refractivity contribution in [3.05, 3.63) is 47.6 Å². The molecule has 2 fully saturated rings. The number of halogens is 1. The number of benzene rings is 1. The van der Waals surface area contributed by atoms with E-state index in [9.17, 15) is 8.42 Å². The van der Waals surface area contributed by atoms with Crippen LogP contribution in [-0.4, -0.2) is 50.0 Å². The summed E-state index contributed by atoms with van der Waals surface area (Å²) in [7, 11) is -3.42. The van der Waals surface area contributed by atoms with Gasteiger partial charge in [0.1, 0.15) is 22.6 Å². The molecule has 0 saturated carbocycles. The summed E-state index contributed by atoms with van der Waals surface area (Å²) in [5.41, 5.74) is 0. The number of anilines is 1. The molecule has 8 heteroatoms. The first-order valence-corrected chi connectivity index (χ1v) is 11.0. The van der Waals surface area contributed by atoms with E-state index in [1.807, 2.05) is 18.2 Å². The van der Waals surface area contributed by atoms with Crippen LogP contribution >= 0.6 is 11.6 Å². The van der Waals surface area contributed by atoms with Crippen LogP contribution in [0.3, 0.4) is 0 Å². The summed E-state index contributed by atoms with van der Waals surface area (Å²) in [4.78, 5) is 6.77. The van der Waals surface area contributed by atoms with Crippen LogP contribution in [0.15, 0.2) is 47.5 Å². The number of hydrogen-bond donors (Lipinski definition) is 0. The molecule has 1 atom stereocenters. The van der Waals surface area contributed by atoms with Crippen molar-refractivity contribution in [2.24, 2.45) is 0 Å². The van der Waals surface area contributed by atoms with Crippen LogP contribution in [0.1, 0.15) is 19.3 Å². The van der Waals surface area contributed by atoms with Crippen LogP contribution in [0.25, 0.3) is 0 Å². The molecule has 0 amide bonds. The molecule has 1 unspecified atom stereocenters. The summed E-state index contributed by atoms with van der Waals surface area (Å²) in [5, 5.41) is 0.652. The Hall–Kier alpha value is -1.83. The highest BCUT2D eigenvalue weighted by Gasteiger charge is 2.29. The van der Waals surface area contributed by atoms with E-state index < -0.39 is 10.0 Å². The maximum absolute atomic E-state index is 12.6. The minimum Gasteiger partial charge on any atom is -0.488 e. The van der Waals surface area contributed by atoms with E-state index in [1.54, 1.807) is 18.2 Å². The fourth-order valence-corrected chi connectivity index (χ4v) is 5.20. The standard InChI is InChI=1S/C19H22ClN3O3S/c20-15-4-3-5-16(12-15)26-17-8-11-22(14-17)19-7-6-18(13-21-19)27(24,25)23-9-1-2-10-23/h3-7,12-13,17H,1-2,8-11,14H2. The van der Waals surface area contributed by atoms with Crippen molar-refractivity contribution >= 4 is 27.4 Å². The molecule has 1 aromatic carbocycles. The number of sulfonamides is 1. The number of nitrogens with zero attached hydrogens (tertiary/aromatic N) is 3. The highest BCUT2D eigenvalue weighted by molar-refractivity contribution is 7.89. The van der Waals surface area contributed by atoms with Crippen molar-refractivity contribution in [1.82, 2.24) is 9.29 Å². The molecule has 0 spiro atoms. The normalized spacial score (nSPS) is 20.9. The molecule has 4 rings (SSSR count). The highest BCUT2D eigenvalue weighted by Crippen LogP contribution is 2.26. The zero-order valence-electron chi connectivity index (χ0n) is 14.9. The van der Waals surface area contributed by atoms with Crippen molar-refractivity contribution in [3.8, 4) is 5.75 Å². The molecule has 6 nitrogen and oxygen atoms in total. The van der Waals surface area contributed by atoms with Crippen LogP contribution in [0.2, 0.25) is 5.02 Å². The number of ether oxygens (including phenoxy) is 1. The van der Waals surface area contributed by atoms with E-state index in [0.29, 0.717) is 24.7 Å². The topological polar surface area (TPSA) is 62.7 Å². The Kier molecular flexibility index (Phi) is 5.25. The number of pyridine rings is 1. The second kappa shape index (κ2) is 7.66. The summed E-state index contributed by atoms with van der Waals surface area (Å²) in [6.45, 7) is 2.71. The Morgan fingerprint density at radius 3 is 2.63 bits per heavy atom. The lowest BCUT2D eigenvalue weighted by molar-refractivity contribution is 0.225. The zero-order valence-corrected chi connectivity index (χ0v) is 16.5. The molecule has 0 N–H and O–H groups in total. The lowest BCUT2D eigenvalue weighted by atomic mass is 10.3. The van der Waals surface area contributed by atoms with Gasteiger partial charge < -0.3 is 9.64 Å². The van der Waals surface area contributed by atoms with Gasteiger partial charge >= 0.3 is 0 Å². The Morgan fingerprint density at radius 2 is 1.93 bits per heavy atom. The van der Waals surface area contributed by atoms with Crippen LogP contribution in [0, 0.1) is 0 Å². The summed E-state index contributed by atoms with van der Waals surface area (Å²) >= 11 is 6.00. The molecular formula is C19H22ClN3O3S. The highest BCUT2D eigenvalue weighted by atomic mass is 35.5. The average Bonchev–Trinajstić information content (AvgIpc) is 3.34. The van der Waals surface area contributed by atoms with Gasteiger partial charge in [-0.3, -0.25) is 0 Å². The van der Waals surface area contributed by atoms with Gasteiger partial charge in [-0.1, -0.05) is 17.7 Å². The van der Waals surface area contributed by atoms with Crippen molar-refractivity contribution in [3.63, 3.8) is 0 Å². The number of hydrogen-bond acceptors (Lipinski definition) is 5. The molecular weight excluding hydrogens is 386 g/mol. The van der Waals surface area contributed by atoms with Crippen molar-refractivity contribution in [2.75, 3.05) is 31.1 Å². The largest absolute Gasteiger partial charge is 0.488 e. The molecule has 2 aliphatic heterocycles. The average molecular weight is 408 g/mol. The molecule has 3 heterocycles. The molecule has 0 aliphatic carbocycles. The Bertz CT molecular complexity index is 899. The number of rotatable bonds is 5. The minimum absolute atomic E-state index is 0.0540. The van der Waals surface area contributed by atoms with Gasteiger partial charge in [-0.05, 0) is 43.2 Å².